The van der Waals surface area contributed by atoms with E-state index < -0.39 is 79.2 Å². The summed E-state index contributed by atoms with van der Waals surface area (Å²) in [5.74, 6) is -7.12. The van der Waals surface area contributed by atoms with Crippen LogP contribution in [0.15, 0.2) is 0 Å². The summed E-state index contributed by atoms with van der Waals surface area (Å²) in [5.41, 5.74) is 10.3. The number of aliphatic carboxylic acids is 2. The number of carbonyl (C=O) groups excluding carboxylic acids is 4. The summed E-state index contributed by atoms with van der Waals surface area (Å²) >= 11 is 0. The van der Waals surface area contributed by atoms with Crippen LogP contribution in [0.3, 0.4) is 0 Å². The lowest BCUT2D eigenvalue weighted by Crippen LogP contribution is -2.58. The fourth-order valence-electron chi connectivity index (χ4n) is 1.80. The van der Waals surface area contributed by atoms with Gasteiger partial charge in [0.25, 0.3) is 0 Å². The van der Waals surface area contributed by atoms with Crippen molar-refractivity contribution >= 4 is 35.6 Å². The number of rotatable bonds is 12. The molecule has 0 aromatic carbocycles. The van der Waals surface area contributed by atoms with Gasteiger partial charge in [0.1, 0.15) is 24.2 Å². The lowest BCUT2D eigenvalue weighted by Gasteiger charge is -2.23. The molecule has 0 bridgehead atoms. The molecular weight excluding hydrogens is 382 g/mol. The Morgan fingerprint density at radius 2 is 1.32 bits per heavy atom. The first-order valence-electron chi connectivity index (χ1n) is 7.89. The Kier molecular flexibility index (Phi) is 10.1. The molecule has 0 rings (SSSR count). The minimum absolute atomic E-state index is 0.714. The molecule has 0 heterocycles. The molecule has 28 heavy (non-hydrogen) atoms. The average Bonchev–Trinajstić information content (AvgIpc) is 2.58. The summed E-state index contributed by atoms with van der Waals surface area (Å²) in [6.07, 6.45) is -1.61. The Morgan fingerprint density at radius 3 is 1.75 bits per heavy atom. The van der Waals surface area contributed by atoms with Crippen LogP contribution in [-0.4, -0.2) is 81.7 Å². The van der Waals surface area contributed by atoms with Crippen LogP contribution >= 0.6 is 0 Å². The lowest BCUT2D eigenvalue weighted by molar-refractivity contribution is -0.143. The third kappa shape index (κ3) is 8.91. The number of primary amides is 1. The van der Waals surface area contributed by atoms with Gasteiger partial charge >= 0.3 is 11.9 Å². The highest BCUT2D eigenvalue weighted by Gasteiger charge is 2.31. The van der Waals surface area contributed by atoms with Crippen molar-refractivity contribution in [2.75, 3.05) is 6.61 Å². The van der Waals surface area contributed by atoms with Crippen LogP contribution in [0.2, 0.25) is 0 Å². The molecule has 158 valence electrons. The Bertz CT molecular complexity index is 639. The van der Waals surface area contributed by atoms with Gasteiger partial charge in [0.15, 0.2) is 0 Å². The van der Waals surface area contributed by atoms with E-state index in [-0.39, 0.29) is 0 Å². The van der Waals surface area contributed by atoms with E-state index in [2.05, 4.69) is 0 Å². The first-order chi connectivity index (χ1) is 12.9. The minimum Gasteiger partial charge on any atom is -0.481 e. The predicted molar refractivity (Wildman–Crippen MR) is 90.2 cm³/mol. The maximum Gasteiger partial charge on any atom is 0.325 e. The van der Waals surface area contributed by atoms with Crippen LogP contribution < -0.4 is 27.4 Å². The number of amides is 4. The third-order valence-corrected chi connectivity index (χ3v) is 3.31. The molecule has 0 aromatic heterocycles. The molecule has 0 aromatic rings. The fraction of sp³-hybridized carbons (Fsp3) is 0.571. The molecule has 0 aliphatic rings. The Labute approximate surface area is 158 Å². The first-order valence-corrected chi connectivity index (χ1v) is 7.89. The van der Waals surface area contributed by atoms with Crippen molar-refractivity contribution in [3.05, 3.63) is 0 Å². The van der Waals surface area contributed by atoms with Crippen molar-refractivity contribution in [3.63, 3.8) is 0 Å². The highest BCUT2D eigenvalue weighted by atomic mass is 16.4. The van der Waals surface area contributed by atoms with E-state index in [1.807, 2.05) is 16.0 Å². The van der Waals surface area contributed by atoms with E-state index in [0.29, 0.717) is 0 Å². The molecule has 0 aliphatic carbocycles. The van der Waals surface area contributed by atoms with Gasteiger partial charge in [0.05, 0.1) is 19.4 Å². The van der Waals surface area contributed by atoms with Gasteiger partial charge in [-0.15, -0.1) is 0 Å². The fourth-order valence-corrected chi connectivity index (χ4v) is 1.80. The SMILES string of the molecule is CC(NC(=O)C(CC(N)=O)NC(=O)C(CC(=O)O)NC(=O)C(N)CO)C(=O)O. The topological polar surface area (TPSA) is 251 Å². The lowest BCUT2D eigenvalue weighted by atomic mass is 10.1. The smallest absolute Gasteiger partial charge is 0.325 e. The molecule has 14 nitrogen and oxygen atoms in total. The van der Waals surface area contributed by atoms with Gasteiger partial charge in [-0.2, -0.15) is 0 Å². The average molecular weight is 405 g/mol. The zero-order valence-electron chi connectivity index (χ0n) is 14.9. The van der Waals surface area contributed by atoms with Crippen LogP contribution in [0.5, 0.6) is 0 Å². The highest BCUT2D eigenvalue weighted by molar-refractivity contribution is 5.97. The number of hydrogen-bond donors (Lipinski definition) is 8. The van der Waals surface area contributed by atoms with Crippen molar-refractivity contribution in [2.45, 2.75) is 43.9 Å². The molecule has 0 spiro atoms. The van der Waals surface area contributed by atoms with Crippen molar-refractivity contribution in [1.82, 2.24) is 16.0 Å². The summed E-state index contributed by atoms with van der Waals surface area (Å²) in [7, 11) is 0. The van der Waals surface area contributed by atoms with Crippen LogP contribution in [0.4, 0.5) is 0 Å². The number of hydrogen-bond acceptors (Lipinski definition) is 8. The van der Waals surface area contributed by atoms with Gasteiger partial charge in [-0.1, -0.05) is 0 Å². The Balaban J connectivity index is 5.35. The summed E-state index contributed by atoms with van der Waals surface area (Å²) in [6.45, 7) is 0.361. The second kappa shape index (κ2) is 11.5. The molecule has 4 unspecified atom stereocenters. The zero-order chi connectivity index (χ0) is 22.0. The van der Waals surface area contributed by atoms with E-state index in [1.54, 1.807) is 0 Å². The maximum atomic E-state index is 12.3. The number of carbonyl (C=O) groups is 6. The van der Waals surface area contributed by atoms with E-state index in [1.165, 1.54) is 0 Å². The predicted octanol–water partition coefficient (Wildman–Crippen LogP) is -4.78. The number of aliphatic hydroxyl groups is 1. The summed E-state index contributed by atoms with van der Waals surface area (Å²) in [4.78, 5) is 69.0. The van der Waals surface area contributed by atoms with Gasteiger partial charge in [-0.3, -0.25) is 28.8 Å². The third-order valence-electron chi connectivity index (χ3n) is 3.31. The molecule has 0 aliphatic heterocycles. The van der Waals surface area contributed by atoms with Crippen molar-refractivity contribution < 1.29 is 44.1 Å². The monoisotopic (exact) mass is 405 g/mol. The largest absolute Gasteiger partial charge is 0.481 e. The van der Waals surface area contributed by atoms with Gasteiger partial charge in [-0.05, 0) is 6.92 Å². The van der Waals surface area contributed by atoms with Crippen LogP contribution in [0.25, 0.3) is 0 Å². The molecule has 0 saturated heterocycles. The molecule has 0 saturated carbocycles. The molecule has 14 heteroatoms. The Morgan fingerprint density at radius 1 is 0.857 bits per heavy atom. The normalized spacial score (nSPS) is 14.7. The van der Waals surface area contributed by atoms with E-state index >= 15 is 0 Å². The standard InChI is InChI=1S/C14H23N5O9/c1-5(14(27)28)17-12(25)7(2-9(16)21)19-13(26)8(3-10(22)23)18-11(24)6(15)4-20/h5-8,20H,2-4,15H2,1H3,(H2,16,21)(H,17,25)(H,18,24)(H,19,26)(H,22,23)(H,27,28). The summed E-state index contributed by atoms with van der Waals surface area (Å²) < 4.78 is 0. The molecule has 0 radical (unpaired) electrons. The summed E-state index contributed by atoms with van der Waals surface area (Å²) in [6, 6.07) is -6.09. The molecular formula is C14H23N5O9. The van der Waals surface area contributed by atoms with Gasteiger partial charge in [-0.25, -0.2) is 0 Å². The maximum absolute atomic E-state index is 12.3. The van der Waals surface area contributed by atoms with Crippen LogP contribution in [0, 0.1) is 0 Å². The van der Waals surface area contributed by atoms with Crippen LogP contribution in [0.1, 0.15) is 19.8 Å². The summed E-state index contributed by atoms with van der Waals surface area (Å²) in [5, 5.41) is 32.6. The molecule has 0 fully saturated rings. The highest BCUT2D eigenvalue weighted by Crippen LogP contribution is 2.00. The number of nitrogens with one attached hydrogen (secondary N) is 3. The van der Waals surface area contributed by atoms with Gasteiger partial charge in [0, 0.05) is 0 Å². The number of aliphatic hydroxyl groups excluding tert-OH is 1. The van der Waals surface area contributed by atoms with Gasteiger partial charge in [0.2, 0.25) is 23.6 Å². The zero-order valence-corrected chi connectivity index (χ0v) is 14.9. The van der Waals surface area contributed by atoms with E-state index in [4.69, 9.17) is 26.8 Å². The van der Waals surface area contributed by atoms with Gasteiger partial charge < -0.3 is 42.7 Å². The van der Waals surface area contributed by atoms with Crippen molar-refractivity contribution in [1.29, 1.82) is 0 Å². The minimum atomic E-state index is -1.69. The first kappa shape index (κ1) is 24.7. The Hall–Kier alpha value is -3.26. The van der Waals surface area contributed by atoms with Crippen molar-refractivity contribution in [3.8, 4) is 0 Å². The van der Waals surface area contributed by atoms with Crippen LogP contribution in [-0.2, 0) is 28.8 Å². The molecule has 10 N–H and O–H groups in total. The van der Waals surface area contributed by atoms with E-state index in [0.717, 1.165) is 6.92 Å². The number of nitrogens with two attached hydrogens (primary N) is 2. The number of carboxylic acid groups (broad SMARTS) is 2. The second-order valence-electron chi connectivity index (χ2n) is 5.75. The molecule has 4 amide bonds. The molecule has 4 atom stereocenters. The second-order valence-corrected chi connectivity index (χ2v) is 5.75. The quantitative estimate of drug-likeness (QED) is 0.154. The van der Waals surface area contributed by atoms with Crippen molar-refractivity contribution in [2.24, 2.45) is 11.5 Å². The van der Waals surface area contributed by atoms with E-state index in [9.17, 15) is 28.8 Å². The number of carboxylic acids is 2.